The summed E-state index contributed by atoms with van der Waals surface area (Å²) in [5.74, 6) is 1.40. The molecular weight excluding hydrogens is 296 g/mol. The van der Waals surface area contributed by atoms with Crippen LogP contribution in [0.15, 0.2) is 36.4 Å². The normalized spacial score (nSPS) is 17.8. The summed E-state index contributed by atoms with van der Waals surface area (Å²) in [6, 6.07) is 12.0. The van der Waals surface area contributed by atoms with E-state index in [0.29, 0.717) is 34.1 Å². The first-order valence-electron chi connectivity index (χ1n) is 7.04. The number of benzene rings is 2. The molecule has 0 N–H and O–H groups in total. The molecule has 0 aliphatic carbocycles. The number of rotatable bonds is 2. The third-order valence-corrected chi connectivity index (χ3v) is 4.02. The Hall–Kier alpha value is -3.20. The Kier molecular flexibility index (Phi) is 2.88. The number of anilines is 1. The molecule has 6 nitrogen and oxygen atoms in total. The zero-order valence-corrected chi connectivity index (χ0v) is 12.3. The fraction of sp³-hybridized carbons (Fsp3) is 0.176. The van der Waals surface area contributed by atoms with E-state index in [-0.39, 0.29) is 12.7 Å². The minimum Gasteiger partial charge on any atom is -0.496 e. The first kappa shape index (κ1) is 13.5. The van der Waals surface area contributed by atoms with Crippen LogP contribution in [0.5, 0.6) is 17.2 Å². The van der Waals surface area contributed by atoms with E-state index >= 15 is 0 Å². The van der Waals surface area contributed by atoms with Crippen molar-refractivity contribution < 1.29 is 19.0 Å². The summed E-state index contributed by atoms with van der Waals surface area (Å²) in [5, 5.41) is 9.58. The van der Waals surface area contributed by atoms with Crippen molar-refractivity contribution in [2.24, 2.45) is 0 Å². The average Bonchev–Trinajstić information content (AvgIpc) is 3.16. The maximum Gasteiger partial charge on any atom is 0.263 e. The van der Waals surface area contributed by atoms with Crippen molar-refractivity contribution >= 4 is 11.6 Å². The molecule has 114 valence electrons. The Balaban J connectivity index is 1.84. The van der Waals surface area contributed by atoms with Crippen LogP contribution in [0.25, 0.3) is 0 Å². The van der Waals surface area contributed by atoms with Gasteiger partial charge in [-0.2, -0.15) is 5.26 Å². The second kappa shape index (κ2) is 4.92. The molecule has 2 aromatic rings. The summed E-state index contributed by atoms with van der Waals surface area (Å²) in [6.45, 7) is 0.155. The lowest BCUT2D eigenvalue weighted by atomic mass is 10.0. The lowest BCUT2D eigenvalue weighted by Gasteiger charge is -2.20. The van der Waals surface area contributed by atoms with Gasteiger partial charge in [0.1, 0.15) is 5.75 Å². The van der Waals surface area contributed by atoms with Gasteiger partial charge in [0.05, 0.1) is 18.7 Å². The highest BCUT2D eigenvalue weighted by Crippen LogP contribution is 2.43. The predicted octanol–water partition coefficient (Wildman–Crippen LogP) is 2.65. The van der Waals surface area contributed by atoms with Crippen LogP contribution < -0.4 is 19.1 Å². The molecule has 2 aliphatic heterocycles. The fourth-order valence-corrected chi connectivity index (χ4v) is 2.98. The number of nitriles is 1. The maximum absolute atomic E-state index is 12.9. The van der Waals surface area contributed by atoms with E-state index in [1.807, 2.05) is 0 Å². The topological polar surface area (TPSA) is 71.8 Å². The van der Waals surface area contributed by atoms with Crippen molar-refractivity contribution in [2.45, 2.75) is 6.04 Å². The molecule has 2 aromatic carbocycles. The Morgan fingerprint density at radius 2 is 2.09 bits per heavy atom. The van der Waals surface area contributed by atoms with E-state index in [1.54, 1.807) is 36.4 Å². The van der Waals surface area contributed by atoms with E-state index < -0.39 is 6.04 Å². The fourth-order valence-electron chi connectivity index (χ4n) is 2.98. The van der Waals surface area contributed by atoms with Crippen LogP contribution in [0, 0.1) is 11.3 Å². The summed E-state index contributed by atoms with van der Waals surface area (Å²) < 4.78 is 15.9. The number of ether oxygens (including phenoxy) is 3. The van der Waals surface area contributed by atoms with Gasteiger partial charge in [0.15, 0.2) is 17.5 Å². The molecule has 0 aromatic heterocycles. The number of fused-ring (bicyclic) bond motifs is 2. The molecule has 0 radical (unpaired) electrons. The van der Waals surface area contributed by atoms with Gasteiger partial charge in [-0.05, 0) is 18.2 Å². The average molecular weight is 308 g/mol. The summed E-state index contributed by atoms with van der Waals surface area (Å²) >= 11 is 0. The second-order valence-electron chi connectivity index (χ2n) is 5.17. The highest BCUT2D eigenvalue weighted by atomic mass is 16.7. The second-order valence-corrected chi connectivity index (χ2v) is 5.17. The number of carbonyl (C=O) groups is 1. The number of nitrogens with zero attached hydrogens (tertiary/aromatic N) is 2. The number of hydrogen-bond acceptors (Lipinski definition) is 5. The van der Waals surface area contributed by atoms with Crippen LogP contribution >= 0.6 is 0 Å². The van der Waals surface area contributed by atoms with Crippen LogP contribution in [-0.4, -0.2) is 19.8 Å². The predicted molar refractivity (Wildman–Crippen MR) is 80.7 cm³/mol. The molecule has 1 unspecified atom stereocenters. The first-order chi connectivity index (χ1) is 11.2. The molecular formula is C17H12N2O4. The van der Waals surface area contributed by atoms with Crippen LogP contribution in [0.2, 0.25) is 0 Å². The van der Waals surface area contributed by atoms with Gasteiger partial charge in [-0.3, -0.25) is 9.69 Å². The van der Waals surface area contributed by atoms with Crippen LogP contribution in [0.4, 0.5) is 5.69 Å². The van der Waals surface area contributed by atoms with E-state index in [9.17, 15) is 10.1 Å². The van der Waals surface area contributed by atoms with Crippen molar-refractivity contribution in [1.29, 1.82) is 5.26 Å². The molecule has 6 heteroatoms. The van der Waals surface area contributed by atoms with Gasteiger partial charge < -0.3 is 14.2 Å². The lowest BCUT2D eigenvalue weighted by molar-refractivity contribution is 0.0992. The van der Waals surface area contributed by atoms with E-state index in [2.05, 4.69) is 6.07 Å². The quantitative estimate of drug-likeness (QED) is 0.853. The lowest BCUT2D eigenvalue weighted by Crippen LogP contribution is -2.27. The minimum atomic E-state index is -0.701. The molecule has 23 heavy (non-hydrogen) atoms. The molecule has 1 atom stereocenters. The van der Waals surface area contributed by atoms with E-state index in [1.165, 1.54) is 12.0 Å². The first-order valence-corrected chi connectivity index (χ1v) is 7.04. The Bertz CT molecular complexity index is 856. The molecule has 1 amide bonds. The molecule has 0 fully saturated rings. The van der Waals surface area contributed by atoms with Crippen molar-refractivity contribution in [2.75, 3.05) is 18.8 Å². The molecule has 2 heterocycles. The summed E-state index contributed by atoms with van der Waals surface area (Å²) in [5.41, 5.74) is 1.66. The van der Waals surface area contributed by atoms with Gasteiger partial charge in [0.2, 0.25) is 6.79 Å². The van der Waals surface area contributed by atoms with Crippen molar-refractivity contribution in [3.8, 4) is 23.3 Å². The smallest absolute Gasteiger partial charge is 0.263 e. The maximum atomic E-state index is 12.9. The summed E-state index contributed by atoms with van der Waals surface area (Å²) in [4.78, 5) is 14.3. The third-order valence-electron chi connectivity index (χ3n) is 4.02. The third kappa shape index (κ3) is 1.83. The molecule has 0 spiro atoms. The largest absolute Gasteiger partial charge is 0.496 e. The summed E-state index contributed by atoms with van der Waals surface area (Å²) in [6.07, 6.45) is 0. The van der Waals surface area contributed by atoms with Gasteiger partial charge in [-0.1, -0.05) is 12.1 Å². The van der Waals surface area contributed by atoms with E-state index in [0.717, 1.165) is 0 Å². The van der Waals surface area contributed by atoms with Gasteiger partial charge in [0.25, 0.3) is 5.91 Å². The zero-order valence-electron chi connectivity index (χ0n) is 12.3. The molecule has 2 aliphatic rings. The van der Waals surface area contributed by atoms with Crippen molar-refractivity contribution in [3.63, 3.8) is 0 Å². The van der Waals surface area contributed by atoms with Crippen LogP contribution in [0.1, 0.15) is 22.0 Å². The standard InChI is InChI=1S/C17H12N2O4/c1-21-14-4-2-3-11-12(8-18)19(17(20)16(11)14)10-5-6-13-15(7-10)23-9-22-13/h2-7,12H,9H2,1H3. The zero-order chi connectivity index (χ0) is 16.0. The SMILES string of the molecule is COc1cccc2c1C(=O)N(c1ccc3c(c1)OCO3)C2C#N. The minimum absolute atomic E-state index is 0.155. The van der Waals surface area contributed by atoms with Gasteiger partial charge in [-0.15, -0.1) is 0 Å². The van der Waals surface area contributed by atoms with Crippen molar-refractivity contribution in [3.05, 3.63) is 47.5 Å². The Labute approximate surface area is 132 Å². The Morgan fingerprint density at radius 1 is 1.26 bits per heavy atom. The highest BCUT2D eigenvalue weighted by Gasteiger charge is 2.40. The van der Waals surface area contributed by atoms with Crippen LogP contribution in [-0.2, 0) is 0 Å². The Morgan fingerprint density at radius 3 is 2.87 bits per heavy atom. The van der Waals surface area contributed by atoms with Gasteiger partial charge in [0, 0.05) is 17.3 Å². The monoisotopic (exact) mass is 308 g/mol. The number of carbonyl (C=O) groups excluding carboxylic acids is 1. The molecule has 4 rings (SSSR count). The molecule has 0 saturated heterocycles. The number of methoxy groups -OCH3 is 1. The van der Waals surface area contributed by atoms with E-state index in [4.69, 9.17) is 14.2 Å². The highest BCUT2D eigenvalue weighted by molar-refractivity contribution is 6.13. The van der Waals surface area contributed by atoms with Gasteiger partial charge in [-0.25, -0.2) is 0 Å². The summed E-state index contributed by atoms with van der Waals surface area (Å²) in [7, 11) is 1.51. The molecule has 0 bridgehead atoms. The van der Waals surface area contributed by atoms with Crippen molar-refractivity contribution in [1.82, 2.24) is 0 Å². The van der Waals surface area contributed by atoms with Crippen LogP contribution in [0.3, 0.4) is 0 Å². The molecule has 0 saturated carbocycles. The number of hydrogen-bond donors (Lipinski definition) is 0. The van der Waals surface area contributed by atoms with Gasteiger partial charge >= 0.3 is 0 Å². The number of amides is 1.